The van der Waals surface area contributed by atoms with Gasteiger partial charge in [-0.05, 0) is 42.3 Å². The molecule has 3 aromatic rings. The van der Waals surface area contributed by atoms with Gasteiger partial charge in [0, 0.05) is 24.1 Å². The Morgan fingerprint density at radius 3 is 2.55 bits per heavy atom. The topological polar surface area (TPSA) is 66.8 Å². The van der Waals surface area contributed by atoms with Crippen molar-refractivity contribution in [1.82, 2.24) is 4.90 Å². The van der Waals surface area contributed by atoms with Crippen LogP contribution in [0, 0.1) is 5.82 Å². The minimum Gasteiger partial charge on any atom is -0.507 e. The number of benzene rings is 3. The van der Waals surface area contributed by atoms with Gasteiger partial charge in [-0.2, -0.15) is 0 Å². The fourth-order valence-electron chi connectivity index (χ4n) is 4.57. The molecule has 5 nitrogen and oxygen atoms in total. The minimum atomic E-state index is -1.05. The smallest absolute Gasteiger partial charge is 0.295 e. The lowest BCUT2D eigenvalue weighted by Crippen LogP contribution is -2.29. The van der Waals surface area contributed by atoms with Gasteiger partial charge in [0.2, 0.25) is 0 Å². The van der Waals surface area contributed by atoms with Crippen molar-refractivity contribution in [3.8, 4) is 5.75 Å². The average molecular weight is 443 g/mol. The Hall–Kier alpha value is -3.93. The molecule has 2 atom stereocenters. The predicted molar refractivity (Wildman–Crippen MR) is 121 cm³/mol. The molecule has 1 saturated heterocycles. The predicted octanol–water partition coefficient (Wildman–Crippen LogP) is 4.77. The number of nitrogens with zero attached hydrogens (tertiary/aromatic N) is 1. The van der Waals surface area contributed by atoms with E-state index in [0.29, 0.717) is 12.0 Å². The van der Waals surface area contributed by atoms with Gasteiger partial charge < -0.3 is 14.7 Å². The van der Waals surface area contributed by atoms with Crippen LogP contribution in [0.2, 0.25) is 0 Å². The number of ketones is 1. The first-order valence-corrected chi connectivity index (χ1v) is 10.8. The number of ether oxygens (including phenoxy) is 1. The Morgan fingerprint density at radius 2 is 1.79 bits per heavy atom. The first kappa shape index (κ1) is 20.9. The number of likely N-dealkylation sites (tertiary alicyclic amines) is 1. The fourth-order valence-corrected chi connectivity index (χ4v) is 4.57. The molecule has 0 aliphatic carbocycles. The van der Waals surface area contributed by atoms with Crippen LogP contribution in [0.4, 0.5) is 4.39 Å². The molecule has 1 fully saturated rings. The van der Waals surface area contributed by atoms with E-state index in [-0.39, 0.29) is 29.5 Å². The molecule has 0 radical (unpaired) electrons. The van der Waals surface area contributed by atoms with Crippen LogP contribution in [0.5, 0.6) is 5.75 Å². The number of hydrogen-bond donors (Lipinski definition) is 1. The summed E-state index contributed by atoms with van der Waals surface area (Å²) in [6.07, 6.45) is 0.697. The normalized spacial score (nSPS) is 21.2. The van der Waals surface area contributed by atoms with E-state index in [1.807, 2.05) is 37.3 Å². The number of halogens is 1. The zero-order chi connectivity index (χ0) is 23.1. The zero-order valence-corrected chi connectivity index (χ0v) is 18.0. The highest BCUT2D eigenvalue weighted by Gasteiger charge is 2.47. The average Bonchev–Trinajstić information content (AvgIpc) is 3.31. The van der Waals surface area contributed by atoms with Crippen LogP contribution >= 0.6 is 0 Å². The minimum absolute atomic E-state index is 0.0206. The first-order valence-electron chi connectivity index (χ1n) is 10.8. The standard InChI is InChI=1S/C27H22FNO4/c1-16-13-19-14-18(11-12-22(19)33-16)25(30)23-24(20-9-5-6-10-21(20)28)29(27(32)26(23)31)15-17-7-3-2-4-8-17/h2-12,14,16,24,30H,13,15H2,1H3/b25-23+. The highest BCUT2D eigenvalue weighted by molar-refractivity contribution is 6.46. The zero-order valence-electron chi connectivity index (χ0n) is 18.0. The second kappa shape index (κ2) is 8.20. The van der Waals surface area contributed by atoms with Gasteiger partial charge >= 0.3 is 0 Å². The molecule has 2 unspecified atom stereocenters. The van der Waals surface area contributed by atoms with E-state index in [4.69, 9.17) is 4.74 Å². The Balaban J connectivity index is 1.65. The van der Waals surface area contributed by atoms with E-state index >= 15 is 0 Å². The van der Waals surface area contributed by atoms with Gasteiger partial charge in [0.25, 0.3) is 11.7 Å². The number of aliphatic hydroxyl groups is 1. The molecule has 1 amide bonds. The summed E-state index contributed by atoms with van der Waals surface area (Å²) in [5.41, 5.74) is 2.14. The van der Waals surface area contributed by atoms with Crippen LogP contribution < -0.4 is 4.74 Å². The summed E-state index contributed by atoms with van der Waals surface area (Å²) in [5, 5.41) is 11.2. The van der Waals surface area contributed by atoms with Gasteiger partial charge in [0.05, 0.1) is 11.6 Å². The molecule has 0 bridgehead atoms. The van der Waals surface area contributed by atoms with Gasteiger partial charge in [-0.1, -0.05) is 48.5 Å². The van der Waals surface area contributed by atoms with Crippen LogP contribution in [-0.4, -0.2) is 27.8 Å². The maximum atomic E-state index is 14.9. The number of Topliss-reactive ketones (excluding diaryl/α,β-unsaturated/α-hetero) is 1. The second-order valence-electron chi connectivity index (χ2n) is 8.39. The lowest BCUT2D eigenvalue weighted by molar-refractivity contribution is -0.140. The number of amides is 1. The molecule has 166 valence electrons. The van der Waals surface area contributed by atoms with Gasteiger partial charge in [0.15, 0.2) is 0 Å². The number of fused-ring (bicyclic) bond motifs is 1. The van der Waals surface area contributed by atoms with Crippen LogP contribution in [0.15, 0.2) is 78.4 Å². The molecule has 0 spiro atoms. The molecule has 6 heteroatoms. The monoisotopic (exact) mass is 443 g/mol. The highest BCUT2D eigenvalue weighted by Crippen LogP contribution is 2.42. The van der Waals surface area contributed by atoms with Crippen LogP contribution in [0.25, 0.3) is 5.76 Å². The highest BCUT2D eigenvalue weighted by atomic mass is 19.1. The van der Waals surface area contributed by atoms with Crippen molar-refractivity contribution in [3.05, 3.63) is 106 Å². The van der Waals surface area contributed by atoms with E-state index in [1.165, 1.54) is 17.0 Å². The second-order valence-corrected chi connectivity index (χ2v) is 8.39. The molecular formula is C27H22FNO4. The molecule has 0 saturated carbocycles. The number of carbonyl (C=O) groups is 2. The summed E-state index contributed by atoms with van der Waals surface area (Å²) >= 11 is 0. The van der Waals surface area contributed by atoms with E-state index < -0.39 is 23.5 Å². The lowest BCUT2D eigenvalue weighted by Gasteiger charge is -2.25. The Bertz CT molecular complexity index is 1280. The maximum Gasteiger partial charge on any atom is 0.295 e. The quantitative estimate of drug-likeness (QED) is 0.358. The van der Waals surface area contributed by atoms with E-state index in [0.717, 1.165) is 16.9 Å². The van der Waals surface area contributed by atoms with E-state index in [9.17, 15) is 19.1 Å². The van der Waals surface area contributed by atoms with Crippen molar-refractivity contribution in [2.75, 3.05) is 0 Å². The van der Waals surface area contributed by atoms with E-state index in [2.05, 4.69) is 0 Å². The van der Waals surface area contributed by atoms with Crippen molar-refractivity contribution in [1.29, 1.82) is 0 Å². The van der Waals surface area contributed by atoms with Gasteiger partial charge in [0.1, 0.15) is 23.4 Å². The third-order valence-electron chi connectivity index (χ3n) is 6.10. The third kappa shape index (κ3) is 3.67. The Morgan fingerprint density at radius 1 is 1.06 bits per heavy atom. The van der Waals surface area contributed by atoms with Crippen LogP contribution in [-0.2, 0) is 22.6 Å². The molecule has 0 aromatic heterocycles. The summed E-state index contributed by atoms with van der Waals surface area (Å²) in [6, 6.07) is 19.3. The van der Waals surface area contributed by atoms with Crippen molar-refractivity contribution >= 4 is 17.4 Å². The van der Waals surface area contributed by atoms with Crippen molar-refractivity contribution in [3.63, 3.8) is 0 Å². The van der Waals surface area contributed by atoms with Gasteiger partial charge in [-0.25, -0.2) is 4.39 Å². The fraction of sp³-hybridized carbons (Fsp3) is 0.185. The molecule has 2 aliphatic heterocycles. The molecule has 2 heterocycles. The molecular weight excluding hydrogens is 421 g/mol. The van der Waals surface area contributed by atoms with E-state index in [1.54, 1.807) is 30.3 Å². The molecule has 33 heavy (non-hydrogen) atoms. The Kier molecular flexibility index (Phi) is 5.21. The molecule has 5 rings (SSSR count). The van der Waals surface area contributed by atoms with Gasteiger partial charge in [-0.3, -0.25) is 9.59 Å². The number of rotatable bonds is 4. The largest absolute Gasteiger partial charge is 0.507 e. The van der Waals surface area contributed by atoms with Gasteiger partial charge in [-0.15, -0.1) is 0 Å². The van der Waals surface area contributed by atoms with Crippen molar-refractivity contribution < 1.29 is 23.8 Å². The number of aliphatic hydroxyl groups excluding tert-OH is 1. The molecule has 3 aromatic carbocycles. The van der Waals surface area contributed by atoms with Crippen molar-refractivity contribution in [2.45, 2.75) is 32.0 Å². The number of hydrogen-bond acceptors (Lipinski definition) is 4. The summed E-state index contributed by atoms with van der Waals surface area (Å²) < 4.78 is 20.6. The Labute approximate surface area is 190 Å². The van der Waals surface area contributed by atoms with Crippen LogP contribution in [0.3, 0.4) is 0 Å². The number of carbonyl (C=O) groups excluding carboxylic acids is 2. The summed E-state index contributed by atoms with van der Waals surface area (Å²) in [6.45, 7) is 2.06. The van der Waals surface area contributed by atoms with Crippen LogP contribution in [0.1, 0.15) is 35.2 Å². The first-order chi connectivity index (χ1) is 15.9. The SMILES string of the molecule is CC1Cc2cc(/C(O)=C3\C(=O)C(=O)N(Cc4ccccc4)C3c3ccccc3F)ccc2O1. The summed E-state index contributed by atoms with van der Waals surface area (Å²) in [4.78, 5) is 27.5. The lowest BCUT2D eigenvalue weighted by atomic mass is 9.94. The maximum absolute atomic E-state index is 14.9. The summed E-state index contributed by atoms with van der Waals surface area (Å²) in [5.74, 6) is -1.74. The third-order valence-corrected chi connectivity index (χ3v) is 6.10. The van der Waals surface area contributed by atoms with Crippen molar-refractivity contribution in [2.24, 2.45) is 0 Å². The molecule has 1 N–H and O–H groups in total. The summed E-state index contributed by atoms with van der Waals surface area (Å²) in [7, 11) is 0. The molecule has 2 aliphatic rings.